The zero-order valence-corrected chi connectivity index (χ0v) is 15.8. The Kier molecular flexibility index (Phi) is 7.45. The van der Waals surface area contributed by atoms with E-state index in [1.165, 1.54) is 37.3 Å². The molecule has 0 saturated heterocycles. The van der Waals surface area contributed by atoms with E-state index in [4.69, 9.17) is 4.74 Å². The summed E-state index contributed by atoms with van der Waals surface area (Å²) in [5.74, 6) is -0.238. The number of non-ortho nitro benzene ring substituents is 1. The van der Waals surface area contributed by atoms with Crippen molar-refractivity contribution in [1.82, 2.24) is 0 Å². The number of carbonyl (C=O) groups is 2. The Labute approximate surface area is 163 Å². The minimum absolute atomic E-state index is 0.0157. The van der Waals surface area contributed by atoms with E-state index in [9.17, 15) is 19.7 Å². The molecule has 2 aromatic rings. The summed E-state index contributed by atoms with van der Waals surface area (Å²) in [4.78, 5) is 34.5. The fourth-order valence-corrected chi connectivity index (χ4v) is 2.35. The molecular weight excluding hydrogens is 360 g/mol. The molecule has 0 unspecified atom stereocenters. The Bertz CT molecular complexity index is 871. The standard InChI is InChI=1S/C21H22N2O5/c1-3-4-13-28-19-11-5-16(6-12-19)14-20(15(2)24)21(25)22-17-7-9-18(10-8-17)23(26)27/h5-12,14H,3-4,13H2,1-2H3,(H,22,25)/b20-14+. The van der Waals surface area contributed by atoms with Gasteiger partial charge in [0, 0.05) is 17.8 Å². The summed E-state index contributed by atoms with van der Waals surface area (Å²) in [7, 11) is 0. The van der Waals surface area contributed by atoms with Crippen molar-refractivity contribution in [3.63, 3.8) is 0 Å². The molecular formula is C21H22N2O5. The number of amides is 1. The van der Waals surface area contributed by atoms with E-state index in [2.05, 4.69) is 12.2 Å². The van der Waals surface area contributed by atoms with Gasteiger partial charge in [0.15, 0.2) is 5.78 Å². The van der Waals surface area contributed by atoms with Crippen LogP contribution in [0.3, 0.4) is 0 Å². The van der Waals surface area contributed by atoms with Gasteiger partial charge in [-0.2, -0.15) is 0 Å². The Morgan fingerprint density at radius 3 is 2.29 bits per heavy atom. The molecule has 7 heteroatoms. The molecule has 0 aromatic heterocycles. The maximum Gasteiger partial charge on any atom is 0.269 e. The van der Waals surface area contributed by atoms with Gasteiger partial charge in [-0.3, -0.25) is 19.7 Å². The van der Waals surface area contributed by atoms with Crippen molar-refractivity contribution in [2.45, 2.75) is 26.7 Å². The van der Waals surface area contributed by atoms with Crippen molar-refractivity contribution in [3.05, 3.63) is 69.8 Å². The minimum Gasteiger partial charge on any atom is -0.494 e. The molecule has 0 atom stereocenters. The predicted octanol–water partition coefficient (Wildman–Crippen LogP) is 4.38. The van der Waals surface area contributed by atoms with E-state index in [1.54, 1.807) is 24.3 Å². The van der Waals surface area contributed by atoms with Crippen LogP contribution in [0.5, 0.6) is 5.75 Å². The average Bonchev–Trinajstić information content (AvgIpc) is 2.67. The van der Waals surface area contributed by atoms with Gasteiger partial charge >= 0.3 is 0 Å². The highest BCUT2D eigenvalue weighted by molar-refractivity contribution is 6.25. The molecule has 0 heterocycles. The van der Waals surface area contributed by atoms with E-state index < -0.39 is 10.8 Å². The lowest BCUT2D eigenvalue weighted by atomic mass is 10.1. The molecule has 0 radical (unpaired) electrons. The lowest BCUT2D eigenvalue weighted by Crippen LogP contribution is -2.18. The molecule has 0 spiro atoms. The molecule has 7 nitrogen and oxygen atoms in total. The molecule has 2 aromatic carbocycles. The molecule has 0 saturated carbocycles. The molecule has 146 valence electrons. The van der Waals surface area contributed by atoms with Crippen molar-refractivity contribution in [1.29, 1.82) is 0 Å². The van der Waals surface area contributed by atoms with E-state index in [-0.39, 0.29) is 17.0 Å². The summed E-state index contributed by atoms with van der Waals surface area (Å²) in [5.41, 5.74) is 0.953. The van der Waals surface area contributed by atoms with Crippen molar-refractivity contribution in [2.24, 2.45) is 0 Å². The number of hydrogen-bond donors (Lipinski definition) is 1. The fourth-order valence-electron chi connectivity index (χ4n) is 2.35. The zero-order chi connectivity index (χ0) is 20.5. The molecule has 0 aliphatic heterocycles. The number of carbonyl (C=O) groups excluding carboxylic acids is 2. The molecule has 1 N–H and O–H groups in total. The van der Waals surface area contributed by atoms with Crippen LogP contribution in [0.2, 0.25) is 0 Å². The number of unbranched alkanes of at least 4 members (excludes halogenated alkanes) is 1. The minimum atomic E-state index is -0.579. The largest absolute Gasteiger partial charge is 0.494 e. The highest BCUT2D eigenvalue weighted by Crippen LogP contribution is 2.18. The van der Waals surface area contributed by atoms with Crippen molar-refractivity contribution in [3.8, 4) is 5.75 Å². The maximum atomic E-state index is 12.5. The van der Waals surface area contributed by atoms with Gasteiger partial charge < -0.3 is 10.1 Å². The molecule has 0 aliphatic carbocycles. The van der Waals surface area contributed by atoms with E-state index >= 15 is 0 Å². The zero-order valence-electron chi connectivity index (χ0n) is 15.8. The van der Waals surface area contributed by atoms with Crippen LogP contribution in [0.15, 0.2) is 54.1 Å². The molecule has 0 fully saturated rings. The van der Waals surface area contributed by atoms with Crippen molar-refractivity contribution >= 4 is 29.1 Å². The van der Waals surface area contributed by atoms with Gasteiger partial charge in [0.1, 0.15) is 5.75 Å². The summed E-state index contributed by atoms with van der Waals surface area (Å²) >= 11 is 0. The second-order valence-electron chi connectivity index (χ2n) is 6.14. The number of anilines is 1. The molecule has 1 amide bonds. The summed E-state index contributed by atoms with van der Waals surface area (Å²) in [6.07, 6.45) is 3.52. The molecule has 0 bridgehead atoms. The molecule has 0 aliphatic rings. The SMILES string of the molecule is CCCCOc1ccc(/C=C(\C(C)=O)C(=O)Nc2ccc([N+](=O)[O-])cc2)cc1. The number of nitrogens with one attached hydrogen (secondary N) is 1. The molecule has 28 heavy (non-hydrogen) atoms. The summed E-state index contributed by atoms with van der Waals surface area (Å²) < 4.78 is 5.59. The third kappa shape index (κ3) is 6.05. The van der Waals surface area contributed by atoms with Crippen LogP contribution in [0.1, 0.15) is 32.3 Å². The van der Waals surface area contributed by atoms with Crippen LogP contribution >= 0.6 is 0 Å². The van der Waals surface area contributed by atoms with Crippen molar-refractivity contribution < 1.29 is 19.2 Å². The van der Waals surface area contributed by atoms with Gasteiger partial charge in [-0.1, -0.05) is 25.5 Å². The number of nitrogens with zero attached hydrogens (tertiary/aromatic N) is 1. The quantitative estimate of drug-likeness (QED) is 0.173. The smallest absolute Gasteiger partial charge is 0.269 e. The lowest BCUT2D eigenvalue weighted by Gasteiger charge is -2.08. The predicted molar refractivity (Wildman–Crippen MR) is 107 cm³/mol. The lowest BCUT2D eigenvalue weighted by molar-refractivity contribution is -0.384. The number of Topliss-reactive ketones (excluding diaryl/α,β-unsaturated/α-hetero) is 1. The van der Waals surface area contributed by atoms with Gasteiger partial charge in [0.25, 0.3) is 11.6 Å². The summed E-state index contributed by atoms with van der Waals surface area (Å²) in [5, 5.41) is 13.3. The number of nitro benzene ring substituents is 1. The van der Waals surface area contributed by atoms with Crippen LogP contribution in [0.4, 0.5) is 11.4 Å². The Morgan fingerprint density at radius 2 is 1.75 bits per heavy atom. The first-order valence-corrected chi connectivity index (χ1v) is 8.92. The van der Waals surface area contributed by atoms with Crippen LogP contribution in [-0.2, 0) is 9.59 Å². The van der Waals surface area contributed by atoms with Gasteiger partial charge in [-0.05, 0) is 49.2 Å². The number of hydrogen-bond acceptors (Lipinski definition) is 5. The van der Waals surface area contributed by atoms with E-state index in [1.807, 2.05) is 0 Å². The Balaban J connectivity index is 2.11. The molecule has 2 rings (SSSR count). The Hall–Kier alpha value is -3.48. The summed E-state index contributed by atoms with van der Waals surface area (Å²) in [6.45, 7) is 4.04. The number of rotatable bonds is 9. The van der Waals surface area contributed by atoms with Gasteiger partial charge in [-0.25, -0.2) is 0 Å². The van der Waals surface area contributed by atoms with Crippen LogP contribution in [-0.4, -0.2) is 23.2 Å². The average molecular weight is 382 g/mol. The monoisotopic (exact) mass is 382 g/mol. The normalized spacial score (nSPS) is 11.0. The van der Waals surface area contributed by atoms with Crippen molar-refractivity contribution in [2.75, 3.05) is 11.9 Å². The first-order valence-electron chi connectivity index (χ1n) is 8.92. The van der Waals surface area contributed by atoms with Gasteiger partial charge in [0.05, 0.1) is 17.1 Å². The van der Waals surface area contributed by atoms with Crippen LogP contribution < -0.4 is 10.1 Å². The highest BCUT2D eigenvalue weighted by Gasteiger charge is 2.15. The number of benzene rings is 2. The fraction of sp³-hybridized carbons (Fsp3) is 0.238. The highest BCUT2D eigenvalue weighted by atomic mass is 16.6. The first-order chi connectivity index (χ1) is 13.4. The summed E-state index contributed by atoms with van der Waals surface area (Å²) in [6, 6.07) is 12.5. The third-order valence-corrected chi connectivity index (χ3v) is 3.92. The first kappa shape index (κ1) is 20.8. The van der Waals surface area contributed by atoms with E-state index in [0.717, 1.165) is 18.6 Å². The Morgan fingerprint density at radius 1 is 1.11 bits per heavy atom. The number of nitro groups is 1. The van der Waals surface area contributed by atoms with Crippen LogP contribution in [0.25, 0.3) is 6.08 Å². The van der Waals surface area contributed by atoms with E-state index in [0.29, 0.717) is 17.9 Å². The van der Waals surface area contributed by atoms with Crippen LogP contribution in [0, 0.1) is 10.1 Å². The van der Waals surface area contributed by atoms with Gasteiger partial charge in [-0.15, -0.1) is 0 Å². The number of ether oxygens (including phenoxy) is 1. The third-order valence-electron chi connectivity index (χ3n) is 3.92. The topological polar surface area (TPSA) is 98.5 Å². The maximum absolute atomic E-state index is 12.5. The second kappa shape index (κ2) is 10.0. The second-order valence-corrected chi connectivity index (χ2v) is 6.14. The van der Waals surface area contributed by atoms with Gasteiger partial charge in [0.2, 0.25) is 0 Å². The number of ketones is 1.